The van der Waals surface area contributed by atoms with E-state index < -0.39 is 6.67 Å². The maximum Gasteiger partial charge on any atom is 0.144 e. The number of nitrogens with one attached hydrogen (secondary N) is 3. The third kappa shape index (κ3) is 4.62. The van der Waals surface area contributed by atoms with Crippen molar-refractivity contribution in [2.24, 2.45) is 4.99 Å². The standard InChI is InChI=1S/C10H16ClFN4O/c1-2-16-17-6-3-8-9(11)10(13-5-4-12)15-7-14-8/h3,6-8,13,16H,2,4-5H2,1H3,(H,14,15)/b6-3+. The number of nitrogens with zero attached hydrogens (tertiary/aromatic N) is 1. The fraction of sp³-hybridized carbons (Fsp3) is 0.500. The van der Waals surface area contributed by atoms with Crippen LogP contribution in [-0.4, -0.2) is 32.1 Å². The smallest absolute Gasteiger partial charge is 0.144 e. The van der Waals surface area contributed by atoms with Gasteiger partial charge in [0, 0.05) is 13.1 Å². The fourth-order valence-corrected chi connectivity index (χ4v) is 1.40. The highest BCUT2D eigenvalue weighted by atomic mass is 35.5. The largest absolute Gasteiger partial charge is 0.417 e. The molecule has 0 fully saturated rings. The Balaban J connectivity index is 2.53. The van der Waals surface area contributed by atoms with Crippen molar-refractivity contribution in [3.8, 4) is 0 Å². The maximum absolute atomic E-state index is 12.0. The molecule has 0 saturated carbocycles. The van der Waals surface area contributed by atoms with Crippen LogP contribution in [0.1, 0.15) is 6.92 Å². The second-order valence-corrected chi connectivity index (χ2v) is 3.57. The summed E-state index contributed by atoms with van der Waals surface area (Å²) in [7, 11) is 0. The molecule has 0 saturated heterocycles. The van der Waals surface area contributed by atoms with Crippen molar-refractivity contribution in [1.29, 1.82) is 0 Å². The zero-order chi connectivity index (χ0) is 12.5. The zero-order valence-electron chi connectivity index (χ0n) is 9.54. The third-order valence-electron chi connectivity index (χ3n) is 1.90. The third-order valence-corrected chi connectivity index (χ3v) is 2.31. The number of alkyl halides is 1. The first-order chi connectivity index (χ1) is 8.29. The molecule has 1 heterocycles. The van der Waals surface area contributed by atoms with Crippen LogP contribution >= 0.6 is 11.6 Å². The van der Waals surface area contributed by atoms with Crippen LogP contribution in [0.15, 0.2) is 28.2 Å². The average molecular weight is 263 g/mol. The number of halogens is 2. The summed E-state index contributed by atoms with van der Waals surface area (Å²) in [5.41, 5.74) is 2.68. The van der Waals surface area contributed by atoms with Gasteiger partial charge >= 0.3 is 0 Å². The van der Waals surface area contributed by atoms with Crippen molar-refractivity contribution >= 4 is 17.9 Å². The van der Waals surface area contributed by atoms with E-state index in [4.69, 9.17) is 16.4 Å². The monoisotopic (exact) mass is 262 g/mol. The van der Waals surface area contributed by atoms with Crippen LogP contribution < -0.4 is 16.1 Å². The molecule has 1 unspecified atom stereocenters. The second kappa shape index (κ2) is 7.92. The Hall–Kier alpha value is -1.27. The van der Waals surface area contributed by atoms with Crippen molar-refractivity contribution in [2.45, 2.75) is 13.0 Å². The predicted octanol–water partition coefficient (Wildman–Crippen LogP) is 1.01. The highest BCUT2D eigenvalue weighted by Crippen LogP contribution is 2.17. The molecule has 5 nitrogen and oxygen atoms in total. The van der Waals surface area contributed by atoms with Crippen LogP contribution in [0.5, 0.6) is 0 Å². The van der Waals surface area contributed by atoms with Crippen molar-refractivity contribution in [3.63, 3.8) is 0 Å². The van der Waals surface area contributed by atoms with E-state index >= 15 is 0 Å². The number of hydroxylamine groups is 1. The first kappa shape index (κ1) is 13.8. The van der Waals surface area contributed by atoms with Gasteiger partial charge in [-0.1, -0.05) is 11.6 Å². The Morgan fingerprint density at radius 3 is 3.24 bits per heavy atom. The van der Waals surface area contributed by atoms with Crippen molar-refractivity contribution in [2.75, 3.05) is 19.8 Å². The van der Waals surface area contributed by atoms with Crippen molar-refractivity contribution in [1.82, 2.24) is 16.1 Å². The lowest BCUT2D eigenvalue weighted by atomic mass is 10.2. The van der Waals surface area contributed by atoms with Gasteiger partial charge in [-0.25, -0.2) is 9.38 Å². The number of aliphatic imine (C=N–C) groups is 1. The van der Waals surface area contributed by atoms with E-state index in [1.165, 1.54) is 12.6 Å². The van der Waals surface area contributed by atoms with Gasteiger partial charge in [0.2, 0.25) is 0 Å². The molecule has 1 aliphatic rings. The molecule has 0 aromatic carbocycles. The summed E-state index contributed by atoms with van der Waals surface area (Å²) in [6.07, 6.45) is 4.73. The molecule has 7 heteroatoms. The van der Waals surface area contributed by atoms with Crippen LogP contribution in [0.2, 0.25) is 0 Å². The van der Waals surface area contributed by atoms with Gasteiger partial charge in [-0.05, 0) is 13.0 Å². The summed E-state index contributed by atoms with van der Waals surface area (Å²) < 4.78 is 12.0. The Bertz CT molecular complexity index is 319. The molecule has 1 atom stereocenters. The lowest BCUT2D eigenvalue weighted by Gasteiger charge is -2.19. The second-order valence-electron chi connectivity index (χ2n) is 3.16. The summed E-state index contributed by atoms with van der Waals surface area (Å²) in [6, 6.07) is -0.227. The molecule has 96 valence electrons. The van der Waals surface area contributed by atoms with Crippen LogP contribution in [0.25, 0.3) is 0 Å². The molecule has 0 amide bonds. The number of rotatable bonds is 7. The first-order valence-electron chi connectivity index (χ1n) is 5.32. The van der Waals surface area contributed by atoms with Gasteiger partial charge in [-0.15, -0.1) is 0 Å². The minimum atomic E-state index is -0.472. The first-order valence-corrected chi connectivity index (χ1v) is 5.70. The summed E-state index contributed by atoms with van der Waals surface area (Å²) >= 11 is 6.09. The molecule has 0 bridgehead atoms. The van der Waals surface area contributed by atoms with E-state index in [2.05, 4.69) is 21.1 Å². The van der Waals surface area contributed by atoms with E-state index in [0.29, 0.717) is 17.4 Å². The van der Waals surface area contributed by atoms with Gasteiger partial charge in [0.15, 0.2) is 0 Å². The lowest BCUT2D eigenvalue weighted by molar-refractivity contribution is 0.139. The van der Waals surface area contributed by atoms with E-state index in [1.54, 1.807) is 6.08 Å². The van der Waals surface area contributed by atoms with Gasteiger partial charge < -0.3 is 15.5 Å². The lowest BCUT2D eigenvalue weighted by Crippen LogP contribution is -2.33. The summed E-state index contributed by atoms with van der Waals surface area (Å²) in [6.45, 7) is 2.34. The van der Waals surface area contributed by atoms with Gasteiger partial charge in [-0.3, -0.25) is 0 Å². The predicted molar refractivity (Wildman–Crippen MR) is 66.2 cm³/mol. The Labute approximate surface area is 105 Å². The van der Waals surface area contributed by atoms with E-state index in [-0.39, 0.29) is 12.6 Å². The normalized spacial score (nSPS) is 19.6. The average Bonchev–Trinajstić information content (AvgIpc) is 2.35. The topological polar surface area (TPSA) is 57.7 Å². The van der Waals surface area contributed by atoms with Crippen LogP contribution in [0.4, 0.5) is 4.39 Å². The highest BCUT2D eigenvalue weighted by Gasteiger charge is 2.16. The van der Waals surface area contributed by atoms with Crippen LogP contribution in [-0.2, 0) is 4.84 Å². The van der Waals surface area contributed by atoms with E-state index in [1.807, 2.05) is 6.92 Å². The highest BCUT2D eigenvalue weighted by molar-refractivity contribution is 6.31. The van der Waals surface area contributed by atoms with Crippen molar-refractivity contribution in [3.05, 3.63) is 23.2 Å². The maximum atomic E-state index is 12.0. The molecule has 0 radical (unpaired) electrons. The number of hydrogen-bond donors (Lipinski definition) is 3. The minimum absolute atomic E-state index is 0.188. The SMILES string of the molecule is CCNO/C=C/C1NC=NC(NCCF)=C1Cl. The Morgan fingerprint density at radius 1 is 1.71 bits per heavy atom. The summed E-state index contributed by atoms with van der Waals surface area (Å²) in [4.78, 5) is 8.96. The molecule has 1 aliphatic heterocycles. The van der Waals surface area contributed by atoms with Crippen LogP contribution in [0, 0.1) is 0 Å². The van der Waals surface area contributed by atoms with Gasteiger partial charge in [-0.2, -0.15) is 5.48 Å². The van der Waals surface area contributed by atoms with Crippen LogP contribution in [0.3, 0.4) is 0 Å². The number of hydrogen-bond acceptors (Lipinski definition) is 5. The van der Waals surface area contributed by atoms with Gasteiger partial charge in [0.25, 0.3) is 0 Å². The minimum Gasteiger partial charge on any atom is -0.417 e. The molecule has 17 heavy (non-hydrogen) atoms. The summed E-state index contributed by atoms with van der Waals surface area (Å²) in [5, 5.41) is 6.21. The summed E-state index contributed by atoms with van der Waals surface area (Å²) in [5.74, 6) is 0.473. The molecule has 0 aromatic heterocycles. The molecule has 0 spiro atoms. The molecule has 1 rings (SSSR count). The fourth-order valence-electron chi connectivity index (χ4n) is 1.15. The molecule has 0 aromatic rings. The zero-order valence-corrected chi connectivity index (χ0v) is 10.3. The van der Waals surface area contributed by atoms with E-state index in [9.17, 15) is 4.39 Å². The Morgan fingerprint density at radius 2 is 2.53 bits per heavy atom. The Kier molecular flexibility index (Phi) is 6.42. The molecular formula is C10H16ClFN4O. The molecule has 3 N–H and O–H groups in total. The quantitative estimate of drug-likeness (QED) is 0.364. The van der Waals surface area contributed by atoms with Gasteiger partial charge in [0.1, 0.15) is 18.8 Å². The molecule has 0 aliphatic carbocycles. The van der Waals surface area contributed by atoms with Gasteiger partial charge in [0.05, 0.1) is 17.4 Å². The van der Waals surface area contributed by atoms with Crippen molar-refractivity contribution < 1.29 is 9.23 Å². The molecular weight excluding hydrogens is 247 g/mol. The van der Waals surface area contributed by atoms with E-state index in [0.717, 1.165) is 0 Å².